The van der Waals surface area contributed by atoms with Crippen molar-refractivity contribution in [1.82, 2.24) is 15.4 Å². The first-order valence-corrected chi connectivity index (χ1v) is 12.6. The summed E-state index contributed by atoms with van der Waals surface area (Å²) in [5, 5.41) is 14.1. The molecule has 0 aliphatic rings. The summed E-state index contributed by atoms with van der Waals surface area (Å²) >= 11 is 7.60. The maximum Gasteiger partial charge on any atom is 0.307 e. The fraction of sp³-hybridized carbons (Fsp3) is 0.231. The lowest BCUT2D eigenvalue weighted by molar-refractivity contribution is -0.144. The minimum absolute atomic E-state index is 0.101. The molecule has 0 saturated heterocycles. The monoisotopic (exact) mass is 523 g/mol. The molecule has 186 valence electrons. The molecule has 0 radical (unpaired) electrons. The number of rotatable bonds is 10. The predicted molar refractivity (Wildman–Crippen MR) is 145 cm³/mol. The highest BCUT2D eigenvalue weighted by molar-refractivity contribution is 7.22. The minimum atomic E-state index is -0.968. The Kier molecular flexibility index (Phi) is 8.02. The number of carbonyl (C=O) groups excluding carboxylic acids is 1. The van der Waals surface area contributed by atoms with Crippen molar-refractivity contribution in [3.8, 4) is 11.1 Å². The van der Waals surface area contributed by atoms with E-state index in [0.717, 1.165) is 32.2 Å². The van der Waals surface area contributed by atoms with Crippen molar-refractivity contribution < 1.29 is 14.7 Å². The fourth-order valence-electron chi connectivity index (χ4n) is 3.75. The predicted octanol–water partition coefficient (Wildman–Crippen LogP) is 6.34. The summed E-state index contributed by atoms with van der Waals surface area (Å²) in [4.78, 5) is 32.5. The maximum absolute atomic E-state index is 12.2. The molecule has 2 aromatic heterocycles. The number of hydrogen-bond donors (Lipinski definition) is 4. The summed E-state index contributed by atoms with van der Waals surface area (Å²) in [6.45, 7) is 3.86. The molecule has 1 atom stereocenters. The van der Waals surface area contributed by atoms with E-state index in [0.29, 0.717) is 17.3 Å². The molecule has 1 amide bonds. The number of nitrogens with one attached hydrogen (secondary N) is 3. The summed E-state index contributed by atoms with van der Waals surface area (Å²) in [5.74, 6) is -1.45. The van der Waals surface area contributed by atoms with Crippen LogP contribution in [-0.4, -0.2) is 27.0 Å². The maximum atomic E-state index is 12.2. The van der Waals surface area contributed by atoms with Crippen LogP contribution in [-0.2, 0) is 9.59 Å². The smallest absolute Gasteiger partial charge is 0.307 e. The number of carbonyl (C=O) groups is 2. The molecular weight excluding hydrogens is 498 g/mol. The van der Waals surface area contributed by atoms with Gasteiger partial charge in [0.15, 0.2) is 5.13 Å². The number of amides is 1. The van der Waals surface area contributed by atoms with Gasteiger partial charge in [0, 0.05) is 23.3 Å². The Bertz CT molecular complexity index is 1370. The van der Waals surface area contributed by atoms with Crippen LogP contribution in [0.3, 0.4) is 0 Å². The van der Waals surface area contributed by atoms with Gasteiger partial charge in [-0.2, -0.15) is 0 Å². The number of pyridine rings is 1. The Morgan fingerprint density at radius 3 is 2.56 bits per heavy atom. The highest BCUT2D eigenvalue weighted by Crippen LogP contribution is 2.31. The van der Waals surface area contributed by atoms with Crippen molar-refractivity contribution in [2.24, 2.45) is 11.8 Å². The molecule has 2 aromatic carbocycles. The zero-order valence-corrected chi connectivity index (χ0v) is 21.4. The topological polar surface area (TPSA) is 116 Å². The number of halogens is 1. The number of aliphatic carboxylic acids is 1. The molecule has 0 aliphatic heterocycles. The van der Waals surface area contributed by atoms with E-state index in [4.69, 9.17) is 11.6 Å². The average Bonchev–Trinajstić information content (AvgIpc) is 3.24. The fourth-order valence-corrected chi connectivity index (χ4v) is 4.91. The first-order chi connectivity index (χ1) is 17.3. The van der Waals surface area contributed by atoms with Gasteiger partial charge in [-0.05, 0) is 65.9 Å². The SMILES string of the molecule is CC(C)C[C@@H](CC(=O)NNc1cc(-c2ccc(Nc3nc4ccc(Cl)cc4s3)cc2)ccn1)C(=O)O. The van der Waals surface area contributed by atoms with Gasteiger partial charge in [0.1, 0.15) is 5.82 Å². The minimum Gasteiger partial charge on any atom is -0.481 e. The standard InChI is InChI=1S/C26H26ClN5O3S/c1-15(2)11-18(25(34)35)13-24(33)32-31-23-12-17(9-10-28-23)16-3-6-20(7-4-16)29-26-30-21-8-5-19(27)14-22(21)36-26/h3-10,12,14-15,18H,11,13H2,1-2H3,(H,28,31)(H,29,30)(H,32,33)(H,34,35)/t18-/m0/s1. The van der Waals surface area contributed by atoms with Crippen LogP contribution in [0.25, 0.3) is 21.3 Å². The lowest BCUT2D eigenvalue weighted by atomic mass is 9.94. The van der Waals surface area contributed by atoms with Crippen molar-refractivity contribution >= 4 is 61.7 Å². The number of carboxylic acid groups (broad SMARTS) is 1. The number of anilines is 3. The molecule has 4 N–H and O–H groups in total. The summed E-state index contributed by atoms with van der Waals surface area (Å²) in [6.07, 6.45) is 1.98. The van der Waals surface area contributed by atoms with E-state index in [-0.39, 0.29) is 12.3 Å². The second-order valence-electron chi connectivity index (χ2n) is 8.81. The zero-order valence-electron chi connectivity index (χ0n) is 19.8. The Hall–Kier alpha value is -3.69. The Morgan fingerprint density at radius 1 is 1.06 bits per heavy atom. The first-order valence-electron chi connectivity index (χ1n) is 11.4. The Labute approximate surface area is 217 Å². The number of thiazole rings is 1. The van der Waals surface area contributed by atoms with Crippen LogP contribution in [0.2, 0.25) is 5.02 Å². The summed E-state index contributed by atoms with van der Waals surface area (Å²) in [5.41, 5.74) is 9.00. The lowest BCUT2D eigenvalue weighted by Gasteiger charge is -2.15. The van der Waals surface area contributed by atoms with Gasteiger partial charge in [-0.3, -0.25) is 20.4 Å². The molecule has 4 aromatic rings. The van der Waals surface area contributed by atoms with Gasteiger partial charge in [-0.25, -0.2) is 9.97 Å². The van der Waals surface area contributed by atoms with Crippen LogP contribution in [0.4, 0.5) is 16.6 Å². The van der Waals surface area contributed by atoms with Gasteiger partial charge < -0.3 is 10.4 Å². The van der Waals surface area contributed by atoms with Crippen molar-refractivity contribution in [3.05, 3.63) is 65.8 Å². The molecule has 2 heterocycles. The van der Waals surface area contributed by atoms with Crippen LogP contribution in [0.15, 0.2) is 60.8 Å². The van der Waals surface area contributed by atoms with Crippen molar-refractivity contribution in [1.29, 1.82) is 0 Å². The van der Waals surface area contributed by atoms with Crippen molar-refractivity contribution in [2.75, 3.05) is 10.7 Å². The number of nitrogens with zero attached hydrogens (tertiary/aromatic N) is 2. The van der Waals surface area contributed by atoms with Gasteiger partial charge in [0.2, 0.25) is 5.91 Å². The number of carboxylic acids is 1. The van der Waals surface area contributed by atoms with Crippen LogP contribution in [0.1, 0.15) is 26.7 Å². The van der Waals surface area contributed by atoms with E-state index < -0.39 is 17.8 Å². The Balaban J connectivity index is 1.37. The van der Waals surface area contributed by atoms with E-state index in [2.05, 4.69) is 26.1 Å². The highest BCUT2D eigenvalue weighted by Gasteiger charge is 2.22. The quantitative estimate of drug-likeness (QED) is 0.179. The van der Waals surface area contributed by atoms with E-state index in [1.165, 1.54) is 11.3 Å². The molecule has 0 saturated carbocycles. The Morgan fingerprint density at radius 2 is 1.83 bits per heavy atom. The van der Waals surface area contributed by atoms with Gasteiger partial charge in [-0.15, -0.1) is 0 Å². The van der Waals surface area contributed by atoms with Crippen LogP contribution >= 0.6 is 22.9 Å². The molecule has 0 aliphatic carbocycles. The normalized spacial score (nSPS) is 11.9. The van der Waals surface area contributed by atoms with E-state index >= 15 is 0 Å². The first kappa shape index (κ1) is 25.4. The number of aromatic nitrogens is 2. The molecule has 0 unspecified atom stereocenters. The molecule has 0 spiro atoms. The molecule has 36 heavy (non-hydrogen) atoms. The second-order valence-corrected chi connectivity index (χ2v) is 10.3. The summed E-state index contributed by atoms with van der Waals surface area (Å²) < 4.78 is 1.02. The molecule has 4 rings (SSSR count). The number of fused-ring (bicyclic) bond motifs is 1. The zero-order chi connectivity index (χ0) is 25.7. The van der Waals surface area contributed by atoms with Gasteiger partial charge in [0.05, 0.1) is 16.1 Å². The van der Waals surface area contributed by atoms with E-state index in [1.807, 2.05) is 68.4 Å². The third kappa shape index (κ3) is 6.71. The van der Waals surface area contributed by atoms with E-state index in [9.17, 15) is 14.7 Å². The highest BCUT2D eigenvalue weighted by atomic mass is 35.5. The van der Waals surface area contributed by atoms with Crippen molar-refractivity contribution in [3.63, 3.8) is 0 Å². The van der Waals surface area contributed by atoms with Gasteiger partial charge >= 0.3 is 5.97 Å². The van der Waals surface area contributed by atoms with Crippen LogP contribution < -0.4 is 16.2 Å². The number of hydrogen-bond acceptors (Lipinski definition) is 7. The van der Waals surface area contributed by atoms with Crippen LogP contribution in [0, 0.1) is 11.8 Å². The third-order valence-corrected chi connectivity index (χ3v) is 6.62. The largest absolute Gasteiger partial charge is 0.481 e. The number of benzene rings is 2. The summed E-state index contributed by atoms with van der Waals surface area (Å²) in [7, 11) is 0. The molecule has 0 bridgehead atoms. The molecule has 10 heteroatoms. The van der Waals surface area contributed by atoms with Crippen LogP contribution in [0.5, 0.6) is 0 Å². The van der Waals surface area contributed by atoms with Crippen molar-refractivity contribution in [2.45, 2.75) is 26.7 Å². The lowest BCUT2D eigenvalue weighted by Crippen LogP contribution is -2.33. The molecule has 0 fully saturated rings. The average molecular weight is 524 g/mol. The molecule has 8 nitrogen and oxygen atoms in total. The van der Waals surface area contributed by atoms with Gasteiger partial charge in [0.25, 0.3) is 0 Å². The molecular formula is C26H26ClN5O3S. The summed E-state index contributed by atoms with van der Waals surface area (Å²) in [6, 6.07) is 17.2. The second kappa shape index (κ2) is 11.4. The third-order valence-electron chi connectivity index (χ3n) is 5.45. The van der Waals surface area contributed by atoms with E-state index in [1.54, 1.807) is 6.20 Å². The number of hydrazine groups is 1. The van der Waals surface area contributed by atoms with Gasteiger partial charge in [-0.1, -0.05) is 48.9 Å².